The van der Waals surface area contributed by atoms with Gasteiger partial charge in [-0.3, -0.25) is 0 Å². The van der Waals surface area contributed by atoms with Gasteiger partial charge in [0.05, 0.1) is 7.11 Å². The van der Waals surface area contributed by atoms with E-state index in [0.717, 1.165) is 12.1 Å². The molecule has 1 saturated heterocycles. The molecule has 3 nitrogen and oxygen atoms in total. The molecule has 1 fully saturated rings. The number of thioether (sulfide) groups is 1. The summed E-state index contributed by atoms with van der Waals surface area (Å²) in [6, 6.07) is 5.46. The van der Waals surface area contributed by atoms with E-state index in [1.165, 1.54) is 43.6 Å². The van der Waals surface area contributed by atoms with Gasteiger partial charge in [0.2, 0.25) is 0 Å². The lowest BCUT2D eigenvalue weighted by Crippen LogP contribution is -2.34. The van der Waals surface area contributed by atoms with E-state index < -0.39 is 6.04 Å². The average Bonchev–Trinajstić information content (AvgIpc) is 2.50. The number of nitrogens with one attached hydrogen (secondary N) is 1. The molecule has 1 aliphatic rings. The third kappa shape index (κ3) is 4.21. The summed E-state index contributed by atoms with van der Waals surface area (Å²) in [5.74, 6) is 2.34. The zero-order valence-electron chi connectivity index (χ0n) is 11.6. The Balaban J connectivity index is 1.99. The molecule has 1 aliphatic heterocycles. The van der Waals surface area contributed by atoms with E-state index in [-0.39, 0.29) is 11.8 Å². The lowest BCUT2D eigenvalue weighted by atomic mass is 10.0. The second-order valence-corrected chi connectivity index (χ2v) is 6.20. The Bertz CT molecular complexity index is 432. The van der Waals surface area contributed by atoms with Crippen LogP contribution >= 0.6 is 11.8 Å². The maximum atomic E-state index is 13.0. The van der Waals surface area contributed by atoms with Crippen LogP contribution < -0.4 is 5.32 Å². The van der Waals surface area contributed by atoms with E-state index >= 15 is 0 Å². The first-order valence-corrected chi connectivity index (χ1v) is 8.00. The predicted molar refractivity (Wildman–Crippen MR) is 79.2 cm³/mol. The van der Waals surface area contributed by atoms with Crippen molar-refractivity contribution >= 4 is 17.7 Å². The van der Waals surface area contributed by atoms with Crippen LogP contribution in [0.25, 0.3) is 0 Å². The first kappa shape index (κ1) is 15.3. The van der Waals surface area contributed by atoms with E-state index in [1.807, 2.05) is 11.8 Å². The third-order valence-electron chi connectivity index (χ3n) is 3.59. The number of halogens is 1. The topological polar surface area (TPSA) is 38.3 Å². The van der Waals surface area contributed by atoms with Crippen molar-refractivity contribution in [2.75, 3.05) is 25.2 Å². The molecule has 0 bridgehead atoms. The summed E-state index contributed by atoms with van der Waals surface area (Å²) in [5, 5.41) is 3.27. The van der Waals surface area contributed by atoms with Crippen LogP contribution in [0.3, 0.4) is 0 Å². The Morgan fingerprint density at radius 3 is 2.65 bits per heavy atom. The maximum Gasteiger partial charge on any atom is 0.327 e. The van der Waals surface area contributed by atoms with Gasteiger partial charge >= 0.3 is 5.97 Å². The van der Waals surface area contributed by atoms with E-state index in [9.17, 15) is 9.18 Å². The number of esters is 1. The van der Waals surface area contributed by atoms with Crippen molar-refractivity contribution in [3.05, 3.63) is 35.6 Å². The van der Waals surface area contributed by atoms with Crippen molar-refractivity contribution in [3.8, 4) is 0 Å². The number of carbonyl (C=O) groups excluding carboxylic acids is 1. The van der Waals surface area contributed by atoms with Gasteiger partial charge in [-0.1, -0.05) is 12.1 Å². The fourth-order valence-electron chi connectivity index (χ4n) is 2.35. The maximum absolute atomic E-state index is 13.0. The van der Waals surface area contributed by atoms with Gasteiger partial charge in [0.1, 0.15) is 11.9 Å². The summed E-state index contributed by atoms with van der Waals surface area (Å²) >= 11 is 1.98. The van der Waals surface area contributed by atoms with E-state index in [0.29, 0.717) is 5.92 Å². The van der Waals surface area contributed by atoms with E-state index in [1.54, 1.807) is 12.1 Å². The molecule has 0 aliphatic carbocycles. The third-order valence-corrected chi connectivity index (χ3v) is 4.64. The number of ether oxygens (including phenoxy) is 1. The summed E-state index contributed by atoms with van der Waals surface area (Å²) in [6.45, 7) is 0.789. The molecular weight excluding hydrogens is 277 g/mol. The van der Waals surface area contributed by atoms with Crippen LogP contribution in [0.5, 0.6) is 0 Å². The summed E-state index contributed by atoms with van der Waals surface area (Å²) in [7, 11) is 1.37. The highest BCUT2D eigenvalue weighted by atomic mass is 32.2. The molecule has 1 heterocycles. The summed E-state index contributed by atoms with van der Waals surface area (Å²) in [6.07, 6.45) is 2.35. The average molecular weight is 297 g/mol. The lowest BCUT2D eigenvalue weighted by molar-refractivity contribution is -0.143. The minimum absolute atomic E-state index is 0.304. The highest BCUT2D eigenvalue weighted by molar-refractivity contribution is 7.99. The Morgan fingerprint density at radius 2 is 2.05 bits per heavy atom. The van der Waals surface area contributed by atoms with Crippen LogP contribution in [-0.4, -0.2) is 31.1 Å². The first-order valence-electron chi connectivity index (χ1n) is 6.85. The van der Waals surface area contributed by atoms with E-state index in [4.69, 9.17) is 4.74 Å². The quantitative estimate of drug-likeness (QED) is 0.848. The molecule has 20 heavy (non-hydrogen) atoms. The Labute approximate surface area is 123 Å². The molecule has 0 radical (unpaired) electrons. The van der Waals surface area contributed by atoms with Gasteiger partial charge < -0.3 is 10.1 Å². The molecule has 0 aromatic heterocycles. The minimum Gasteiger partial charge on any atom is -0.468 e. The highest BCUT2D eigenvalue weighted by Crippen LogP contribution is 2.23. The number of rotatable bonds is 5. The van der Waals surface area contributed by atoms with Gasteiger partial charge in [-0.05, 0) is 54.5 Å². The van der Waals surface area contributed by atoms with Crippen molar-refractivity contribution in [2.45, 2.75) is 18.9 Å². The Morgan fingerprint density at radius 1 is 1.40 bits per heavy atom. The van der Waals surface area contributed by atoms with E-state index in [2.05, 4.69) is 5.32 Å². The van der Waals surface area contributed by atoms with Crippen LogP contribution in [0.1, 0.15) is 24.4 Å². The summed E-state index contributed by atoms with van der Waals surface area (Å²) in [4.78, 5) is 11.9. The van der Waals surface area contributed by atoms with Gasteiger partial charge in [0, 0.05) is 0 Å². The SMILES string of the molecule is COC(=O)C(NCC1CCSCC1)c1ccc(F)cc1. The molecule has 1 unspecified atom stereocenters. The normalized spacial score (nSPS) is 17.7. The van der Waals surface area contributed by atoms with Crippen LogP contribution in [0, 0.1) is 11.7 Å². The Kier molecular flexibility index (Phi) is 5.86. The van der Waals surface area contributed by atoms with Gasteiger partial charge in [-0.25, -0.2) is 9.18 Å². The molecule has 0 saturated carbocycles. The molecular formula is C15H20FNO2S. The van der Waals surface area contributed by atoms with Crippen LogP contribution in [0.4, 0.5) is 4.39 Å². The van der Waals surface area contributed by atoms with Gasteiger partial charge in [0.25, 0.3) is 0 Å². The van der Waals surface area contributed by atoms with Crippen LogP contribution in [0.2, 0.25) is 0 Å². The van der Waals surface area contributed by atoms with Crippen LogP contribution in [-0.2, 0) is 9.53 Å². The lowest BCUT2D eigenvalue weighted by Gasteiger charge is -2.24. The van der Waals surface area contributed by atoms with Gasteiger partial charge in [0.15, 0.2) is 0 Å². The number of hydrogen-bond acceptors (Lipinski definition) is 4. The number of hydrogen-bond donors (Lipinski definition) is 1. The van der Waals surface area contributed by atoms with Crippen molar-refractivity contribution in [1.82, 2.24) is 5.32 Å². The minimum atomic E-state index is -0.518. The molecule has 1 aromatic rings. The Hall–Kier alpha value is -1.07. The molecule has 0 amide bonds. The van der Waals surface area contributed by atoms with Crippen molar-refractivity contribution in [3.63, 3.8) is 0 Å². The molecule has 1 N–H and O–H groups in total. The molecule has 1 aromatic carbocycles. The van der Waals surface area contributed by atoms with Gasteiger partial charge in [-0.15, -0.1) is 0 Å². The van der Waals surface area contributed by atoms with Crippen molar-refractivity contribution in [1.29, 1.82) is 0 Å². The highest BCUT2D eigenvalue weighted by Gasteiger charge is 2.23. The first-order chi connectivity index (χ1) is 9.70. The number of methoxy groups -OCH3 is 1. The second-order valence-electron chi connectivity index (χ2n) is 4.97. The summed E-state index contributed by atoms with van der Waals surface area (Å²) in [5.41, 5.74) is 0.739. The predicted octanol–water partition coefficient (Wildman–Crippen LogP) is 2.77. The second kappa shape index (κ2) is 7.64. The smallest absolute Gasteiger partial charge is 0.327 e. The number of carbonyl (C=O) groups is 1. The molecule has 110 valence electrons. The molecule has 5 heteroatoms. The fourth-order valence-corrected chi connectivity index (χ4v) is 3.55. The zero-order chi connectivity index (χ0) is 14.4. The zero-order valence-corrected chi connectivity index (χ0v) is 12.4. The summed E-state index contributed by atoms with van der Waals surface area (Å²) < 4.78 is 17.8. The standard InChI is InChI=1S/C15H20FNO2S/c1-19-15(18)14(12-2-4-13(16)5-3-12)17-10-11-6-8-20-9-7-11/h2-5,11,14,17H,6-10H2,1H3. The van der Waals surface area contributed by atoms with Crippen molar-refractivity contribution < 1.29 is 13.9 Å². The largest absolute Gasteiger partial charge is 0.468 e. The molecule has 1 atom stereocenters. The van der Waals surface area contributed by atoms with Crippen LogP contribution in [0.15, 0.2) is 24.3 Å². The van der Waals surface area contributed by atoms with Crippen molar-refractivity contribution in [2.24, 2.45) is 5.92 Å². The van der Waals surface area contributed by atoms with Gasteiger partial charge in [-0.2, -0.15) is 11.8 Å². The molecule has 0 spiro atoms. The molecule has 2 rings (SSSR count). The number of benzene rings is 1. The fraction of sp³-hybridized carbons (Fsp3) is 0.533. The monoisotopic (exact) mass is 297 g/mol.